The molecule has 1 aliphatic heterocycles. The highest BCUT2D eigenvalue weighted by atomic mass is 79.9. The third-order valence-corrected chi connectivity index (χ3v) is 6.79. The molecule has 4 nitrogen and oxygen atoms in total. The van der Waals surface area contributed by atoms with E-state index in [1.165, 1.54) is 20.9 Å². The van der Waals surface area contributed by atoms with E-state index in [9.17, 15) is 10.2 Å². The molecule has 0 spiro atoms. The number of nitrogens with one attached hydrogen (secondary N) is 1. The van der Waals surface area contributed by atoms with Gasteiger partial charge in [0.15, 0.2) is 0 Å². The molecule has 3 aliphatic rings. The average Bonchev–Trinajstić information content (AvgIpc) is 3.13. The van der Waals surface area contributed by atoms with Gasteiger partial charge in [-0.05, 0) is 71.0 Å². The molecule has 0 saturated heterocycles. The molecule has 146 valence electrons. The van der Waals surface area contributed by atoms with Crippen molar-refractivity contribution in [1.29, 1.82) is 0 Å². The van der Waals surface area contributed by atoms with Crippen LogP contribution in [-0.4, -0.2) is 29.5 Å². The summed E-state index contributed by atoms with van der Waals surface area (Å²) in [4.78, 5) is 2.53. The number of methoxy groups -OCH3 is 1. The smallest absolute Gasteiger partial charge is 0.129 e. The van der Waals surface area contributed by atoms with Gasteiger partial charge in [0.25, 0.3) is 0 Å². The number of allylic oxidation sites excluding steroid dienone is 3. The molecular weight excluding hydrogens is 438 g/mol. The maximum absolute atomic E-state index is 10.1. The van der Waals surface area contributed by atoms with E-state index in [0.717, 1.165) is 41.8 Å². The van der Waals surface area contributed by atoms with E-state index in [4.69, 9.17) is 4.74 Å². The lowest BCUT2D eigenvalue weighted by atomic mass is 9.77. The zero-order valence-corrected chi connectivity index (χ0v) is 18.0. The molecule has 2 heterocycles. The summed E-state index contributed by atoms with van der Waals surface area (Å²) >= 11 is 1.80. The number of hydrogen-bond acceptors (Lipinski definition) is 5. The van der Waals surface area contributed by atoms with Crippen LogP contribution in [0.15, 0.2) is 59.4 Å². The van der Waals surface area contributed by atoms with E-state index in [1.54, 1.807) is 30.6 Å². The van der Waals surface area contributed by atoms with Crippen LogP contribution >= 0.6 is 28.3 Å². The van der Waals surface area contributed by atoms with E-state index in [0.29, 0.717) is 0 Å². The van der Waals surface area contributed by atoms with Gasteiger partial charge in [0, 0.05) is 22.3 Å². The van der Waals surface area contributed by atoms with Crippen molar-refractivity contribution in [2.24, 2.45) is 0 Å². The molecule has 28 heavy (non-hydrogen) atoms. The molecule has 2 aliphatic carbocycles. The molecule has 5 rings (SSSR count). The predicted octanol–water partition coefficient (Wildman–Crippen LogP) is 4.76. The summed E-state index contributed by atoms with van der Waals surface area (Å²) in [6, 6.07) is 10.7. The highest BCUT2D eigenvalue weighted by Crippen LogP contribution is 2.46. The van der Waals surface area contributed by atoms with E-state index in [2.05, 4.69) is 23.5 Å². The number of rotatable bonds is 2. The molecule has 0 amide bonds. The summed E-state index contributed by atoms with van der Waals surface area (Å²) in [7, 11) is 1.69. The Hall–Kier alpha value is -1.86. The molecule has 0 radical (unpaired) electrons. The lowest BCUT2D eigenvalue weighted by Crippen LogP contribution is -2.37. The summed E-state index contributed by atoms with van der Waals surface area (Å²) < 4.78 is 5.37. The Bertz CT molecular complexity index is 1020. The van der Waals surface area contributed by atoms with Crippen LogP contribution in [0.1, 0.15) is 23.3 Å². The standard InChI is InChI=1S/C22H21NO3S.BrH/c1-26-14-4-2-3-13(7-14)20-10-16-21(27-20)11-23-17-6-5-12-8-18(24)19(25)9-15(12)22(16)17;/h2-4,7-10,17-18,23-25H,5-6,11H2,1H3;1H. The average molecular weight is 460 g/mol. The topological polar surface area (TPSA) is 61.7 Å². The van der Waals surface area contributed by atoms with Crippen molar-refractivity contribution in [1.82, 2.24) is 5.32 Å². The maximum Gasteiger partial charge on any atom is 0.129 e. The van der Waals surface area contributed by atoms with Gasteiger partial charge in [0.05, 0.1) is 7.11 Å². The SMILES string of the molecule is Br.COc1cccc(-c2cc3c(s2)CNC2CCC4=CC(O)C(O)=CC4=C32)c1. The van der Waals surface area contributed by atoms with Gasteiger partial charge in [0.1, 0.15) is 17.6 Å². The largest absolute Gasteiger partial charge is 0.509 e. The summed E-state index contributed by atoms with van der Waals surface area (Å²) in [5, 5.41) is 23.7. The normalized spacial score (nSPS) is 22.9. The van der Waals surface area contributed by atoms with Crippen molar-refractivity contribution < 1.29 is 14.9 Å². The number of fused-ring (bicyclic) bond motifs is 4. The van der Waals surface area contributed by atoms with Gasteiger partial charge in [-0.1, -0.05) is 12.1 Å². The Kier molecular flexibility index (Phi) is 5.22. The Morgan fingerprint density at radius 3 is 2.93 bits per heavy atom. The number of benzene rings is 1. The molecule has 6 heteroatoms. The second-order valence-corrected chi connectivity index (χ2v) is 8.32. The number of halogens is 1. The molecule has 1 aromatic heterocycles. The van der Waals surface area contributed by atoms with Gasteiger partial charge in [-0.25, -0.2) is 0 Å². The molecule has 0 bridgehead atoms. The number of ether oxygens (including phenoxy) is 1. The lowest BCUT2D eigenvalue weighted by molar-refractivity contribution is 0.190. The highest BCUT2D eigenvalue weighted by molar-refractivity contribution is 8.93. The molecule has 2 unspecified atom stereocenters. The molecule has 3 N–H and O–H groups in total. The van der Waals surface area contributed by atoms with Gasteiger partial charge in [-0.2, -0.15) is 0 Å². The van der Waals surface area contributed by atoms with Crippen molar-refractivity contribution in [3.05, 3.63) is 69.8 Å². The monoisotopic (exact) mass is 459 g/mol. The first-order valence-corrected chi connectivity index (χ1v) is 10.0. The van der Waals surface area contributed by atoms with Crippen molar-refractivity contribution in [2.45, 2.75) is 31.5 Å². The molecule has 0 saturated carbocycles. The molecule has 2 aromatic rings. The van der Waals surface area contributed by atoms with Gasteiger partial charge in [-0.3, -0.25) is 0 Å². The third-order valence-electron chi connectivity index (χ3n) is 5.60. The minimum atomic E-state index is -0.883. The minimum absolute atomic E-state index is 0. The van der Waals surface area contributed by atoms with Crippen LogP contribution in [0.2, 0.25) is 0 Å². The fourth-order valence-corrected chi connectivity index (χ4v) is 5.37. The summed E-state index contributed by atoms with van der Waals surface area (Å²) in [6.07, 6.45) is 4.58. The van der Waals surface area contributed by atoms with E-state index in [-0.39, 0.29) is 28.8 Å². The Labute approximate surface area is 178 Å². The number of hydrogen-bond donors (Lipinski definition) is 3. The van der Waals surface area contributed by atoms with Crippen molar-refractivity contribution in [2.75, 3.05) is 7.11 Å². The third kappa shape index (κ3) is 3.14. The fraction of sp³-hybridized carbons (Fsp3) is 0.273. The number of thiophene rings is 1. The lowest BCUT2D eigenvalue weighted by Gasteiger charge is -2.35. The first kappa shape index (κ1) is 19.5. The van der Waals surface area contributed by atoms with Crippen LogP contribution in [-0.2, 0) is 6.54 Å². The Morgan fingerprint density at radius 1 is 1.25 bits per heavy atom. The van der Waals surface area contributed by atoms with Crippen molar-refractivity contribution >= 4 is 33.9 Å². The first-order chi connectivity index (χ1) is 13.1. The second-order valence-electron chi connectivity index (χ2n) is 7.18. The second kappa shape index (κ2) is 7.52. The molecular formula is C22H22BrNO3S. The van der Waals surface area contributed by atoms with Crippen molar-refractivity contribution in [3.8, 4) is 16.2 Å². The van der Waals surface area contributed by atoms with E-state index >= 15 is 0 Å². The van der Waals surface area contributed by atoms with Crippen LogP contribution in [0.4, 0.5) is 0 Å². The van der Waals surface area contributed by atoms with Crippen molar-refractivity contribution in [3.63, 3.8) is 0 Å². The van der Waals surface area contributed by atoms with Crippen LogP contribution in [0.3, 0.4) is 0 Å². The first-order valence-electron chi connectivity index (χ1n) is 9.19. The van der Waals surface area contributed by atoms with Crippen LogP contribution < -0.4 is 10.1 Å². The van der Waals surface area contributed by atoms with Gasteiger partial charge >= 0.3 is 0 Å². The zero-order chi connectivity index (χ0) is 18.5. The van der Waals surface area contributed by atoms with E-state index < -0.39 is 6.10 Å². The summed E-state index contributed by atoms with van der Waals surface area (Å²) in [6.45, 7) is 0.864. The maximum atomic E-state index is 10.1. The minimum Gasteiger partial charge on any atom is -0.509 e. The molecule has 1 aromatic carbocycles. The number of aliphatic hydroxyl groups is 2. The van der Waals surface area contributed by atoms with Gasteiger partial charge in [-0.15, -0.1) is 28.3 Å². The van der Waals surface area contributed by atoms with Crippen LogP contribution in [0.25, 0.3) is 16.0 Å². The highest BCUT2D eigenvalue weighted by Gasteiger charge is 2.34. The quantitative estimate of drug-likeness (QED) is 0.605. The zero-order valence-electron chi connectivity index (χ0n) is 15.4. The Balaban J connectivity index is 0.00000192. The molecule has 0 fully saturated rings. The molecule has 2 atom stereocenters. The Morgan fingerprint density at radius 2 is 2.11 bits per heavy atom. The summed E-state index contributed by atoms with van der Waals surface area (Å²) in [5.41, 5.74) is 5.87. The number of aliphatic hydroxyl groups excluding tert-OH is 2. The van der Waals surface area contributed by atoms with Crippen LogP contribution in [0, 0.1) is 0 Å². The van der Waals surface area contributed by atoms with E-state index in [1.807, 2.05) is 12.1 Å². The predicted molar refractivity (Wildman–Crippen MR) is 118 cm³/mol. The van der Waals surface area contributed by atoms with Gasteiger partial charge < -0.3 is 20.3 Å². The van der Waals surface area contributed by atoms with Crippen LogP contribution in [0.5, 0.6) is 5.75 Å². The fourth-order valence-electron chi connectivity index (χ4n) is 4.25. The van der Waals surface area contributed by atoms with Gasteiger partial charge in [0.2, 0.25) is 0 Å². The summed E-state index contributed by atoms with van der Waals surface area (Å²) in [5.74, 6) is 0.881.